The molecular weight excluding hydrogens is 404 g/mol. The molecule has 0 saturated carbocycles. The van der Waals surface area contributed by atoms with Crippen LogP contribution in [0.1, 0.15) is 51.8 Å². The summed E-state index contributed by atoms with van der Waals surface area (Å²) >= 11 is 0. The second kappa shape index (κ2) is 10.6. The third-order valence-electron chi connectivity index (χ3n) is 6.03. The zero-order valence-corrected chi connectivity index (χ0v) is 19.5. The third-order valence-corrected chi connectivity index (χ3v) is 6.03. The van der Waals surface area contributed by atoms with Crippen LogP contribution in [-0.2, 0) is 13.0 Å². The van der Waals surface area contributed by atoms with Gasteiger partial charge in [-0.15, -0.1) is 0 Å². The number of anilines is 1. The van der Waals surface area contributed by atoms with Crippen LogP contribution < -0.4 is 5.32 Å². The number of fused-ring (bicyclic) bond motifs is 1. The highest BCUT2D eigenvalue weighted by atomic mass is 16.3. The molecular formula is C25H34N4O3. The van der Waals surface area contributed by atoms with E-state index in [0.717, 1.165) is 29.1 Å². The summed E-state index contributed by atoms with van der Waals surface area (Å²) in [5.41, 5.74) is 7.78. The van der Waals surface area contributed by atoms with Gasteiger partial charge in [0.05, 0.1) is 23.6 Å². The highest BCUT2D eigenvalue weighted by Crippen LogP contribution is 2.25. The minimum Gasteiger partial charge on any atom is -0.396 e. The van der Waals surface area contributed by atoms with Crippen molar-refractivity contribution < 1.29 is 15.0 Å². The van der Waals surface area contributed by atoms with Gasteiger partial charge in [-0.05, 0) is 56.4 Å². The molecule has 2 heterocycles. The summed E-state index contributed by atoms with van der Waals surface area (Å²) in [7, 11) is 0. The number of pyridine rings is 1. The molecule has 3 aromatic rings. The van der Waals surface area contributed by atoms with E-state index in [1.165, 1.54) is 16.7 Å². The molecule has 1 aromatic carbocycles. The molecule has 32 heavy (non-hydrogen) atoms. The van der Waals surface area contributed by atoms with Crippen LogP contribution in [0.15, 0.2) is 30.5 Å². The van der Waals surface area contributed by atoms with Crippen LogP contribution in [-0.4, -0.2) is 56.7 Å². The molecule has 2 aromatic heterocycles. The van der Waals surface area contributed by atoms with Gasteiger partial charge < -0.3 is 24.8 Å². The van der Waals surface area contributed by atoms with E-state index in [4.69, 9.17) is 4.98 Å². The van der Waals surface area contributed by atoms with Crippen molar-refractivity contribution in [3.05, 3.63) is 64.1 Å². The lowest BCUT2D eigenvalue weighted by molar-refractivity contribution is 0.0709. The highest BCUT2D eigenvalue weighted by molar-refractivity contribution is 5.96. The van der Waals surface area contributed by atoms with E-state index in [-0.39, 0.29) is 25.7 Å². The van der Waals surface area contributed by atoms with Crippen molar-refractivity contribution in [2.24, 2.45) is 0 Å². The van der Waals surface area contributed by atoms with E-state index in [9.17, 15) is 15.0 Å². The Labute approximate surface area is 189 Å². The average Bonchev–Trinajstić information content (AvgIpc) is 3.08. The predicted molar refractivity (Wildman–Crippen MR) is 127 cm³/mol. The molecule has 0 saturated heterocycles. The molecule has 0 aliphatic carbocycles. The fourth-order valence-electron chi connectivity index (χ4n) is 4.03. The first-order chi connectivity index (χ1) is 15.4. The Morgan fingerprint density at radius 2 is 1.94 bits per heavy atom. The number of aliphatic hydroxyl groups is 2. The maximum Gasteiger partial charge on any atom is 0.255 e. The van der Waals surface area contributed by atoms with Crippen LogP contribution in [0.5, 0.6) is 0 Å². The van der Waals surface area contributed by atoms with Crippen molar-refractivity contribution >= 4 is 17.2 Å². The number of nitrogens with zero attached hydrogens (tertiary/aromatic N) is 3. The van der Waals surface area contributed by atoms with Gasteiger partial charge in [0.2, 0.25) is 0 Å². The lowest BCUT2D eigenvalue weighted by atomic mass is 10.00. The first-order valence-corrected chi connectivity index (χ1v) is 11.2. The number of benzene rings is 1. The average molecular weight is 439 g/mol. The van der Waals surface area contributed by atoms with E-state index in [0.29, 0.717) is 25.1 Å². The molecule has 172 valence electrons. The number of nitrogens with one attached hydrogen (secondary N) is 1. The van der Waals surface area contributed by atoms with E-state index < -0.39 is 0 Å². The SMILES string of the molecule is CCc1cccc(C)c1CNc1cc(C(=O)N(CCO)CCCO)cn2c(C)c(C)nc12. The molecule has 0 aliphatic heterocycles. The van der Waals surface area contributed by atoms with Crippen LogP contribution >= 0.6 is 0 Å². The van der Waals surface area contributed by atoms with Crippen LogP contribution in [0.25, 0.3) is 5.65 Å². The van der Waals surface area contributed by atoms with Crippen molar-refractivity contribution in [2.45, 2.75) is 47.1 Å². The molecule has 0 atom stereocenters. The fraction of sp³-hybridized carbons (Fsp3) is 0.440. The molecule has 0 unspecified atom stereocenters. The molecule has 3 rings (SSSR count). The summed E-state index contributed by atoms with van der Waals surface area (Å²) in [5, 5.41) is 22.1. The van der Waals surface area contributed by atoms with Crippen LogP contribution in [0.4, 0.5) is 5.69 Å². The standard InChI is InChI=1S/C25H34N4O3/c1-5-20-9-6-8-17(2)22(20)15-26-23-14-21(16-29-19(4)18(3)27-24(23)29)25(32)28(11-13-31)10-7-12-30/h6,8-9,14,16,26,30-31H,5,7,10-13,15H2,1-4H3. The molecule has 7 heteroatoms. The minimum absolute atomic E-state index is 0.00292. The number of aryl methyl sites for hydroxylation is 4. The lowest BCUT2D eigenvalue weighted by Gasteiger charge is -2.22. The number of rotatable bonds is 10. The Hall–Kier alpha value is -2.90. The third kappa shape index (κ3) is 4.95. The molecule has 3 N–H and O–H groups in total. The summed E-state index contributed by atoms with van der Waals surface area (Å²) in [6.45, 7) is 9.34. The Balaban J connectivity index is 2.00. The van der Waals surface area contributed by atoms with E-state index >= 15 is 0 Å². The summed E-state index contributed by atoms with van der Waals surface area (Å²) < 4.78 is 1.95. The molecule has 0 bridgehead atoms. The summed E-state index contributed by atoms with van der Waals surface area (Å²) in [4.78, 5) is 19.6. The van der Waals surface area contributed by atoms with Gasteiger partial charge in [-0.25, -0.2) is 4.98 Å². The van der Waals surface area contributed by atoms with Gasteiger partial charge in [0.15, 0.2) is 5.65 Å². The van der Waals surface area contributed by atoms with Gasteiger partial charge in [0.1, 0.15) is 0 Å². The number of amides is 1. The van der Waals surface area contributed by atoms with E-state index in [1.807, 2.05) is 30.5 Å². The quantitative estimate of drug-likeness (QED) is 0.452. The number of hydrogen-bond acceptors (Lipinski definition) is 5. The normalized spacial score (nSPS) is 11.2. The van der Waals surface area contributed by atoms with Crippen molar-refractivity contribution in [1.29, 1.82) is 0 Å². The number of imidazole rings is 1. The summed E-state index contributed by atoms with van der Waals surface area (Å²) in [6, 6.07) is 8.19. The number of carbonyl (C=O) groups is 1. The Kier molecular flexibility index (Phi) is 7.88. The van der Waals surface area contributed by atoms with Gasteiger partial charge in [-0.2, -0.15) is 0 Å². The van der Waals surface area contributed by atoms with Crippen LogP contribution in [0.3, 0.4) is 0 Å². The molecule has 0 spiro atoms. The van der Waals surface area contributed by atoms with Crippen LogP contribution in [0, 0.1) is 20.8 Å². The Morgan fingerprint density at radius 1 is 1.16 bits per heavy atom. The Bertz CT molecular complexity index is 1090. The second-order valence-corrected chi connectivity index (χ2v) is 8.13. The number of hydrogen-bond donors (Lipinski definition) is 3. The molecule has 0 fully saturated rings. The monoisotopic (exact) mass is 438 g/mol. The summed E-state index contributed by atoms with van der Waals surface area (Å²) in [5.74, 6) is -0.173. The van der Waals surface area contributed by atoms with E-state index in [2.05, 4.69) is 37.4 Å². The Morgan fingerprint density at radius 3 is 2.62 bits per heavy atom. The second-order valence-electron chi connectivity index (χ2n) is 8.13. The van der Waals surface area contributed by atoms with Gasteiger partial charge in [-0.3, -0.25) is 4.79 Å². The molecule has 0 aliphatic rings. The topological polar surface area (TPSA) is 90.1 Å². The molecule has 1 amide bonds. The molecule has 0 radical (unpaired) electrons. The van der Waals surface area contributed by atoms with Crippen molar-refractivity contribution in [2.75, 3.05) is 31.6 Å². The minimum atomic E-state index is -0.173. The number of aromatic nitrogens is 2. The maximum absolute atomic E-state index is 13.3. The van der Waals surface area contributed by atoms with Gasteiger partial charge in [0.25, 0.3) is 5.91 Å². The zero-order chi connectivity index (χ0) is 23.3. The van der Waals surface area contributed by atoms with E-state index in [1.54, 1.807) is 4.90 Å². The smallest absolute Gasteiger partial charge is 0.255 e. The van der Waals surface area contributed by atoms with Gasteiger partial charge in [-0.1, -0.05) is 25.1 Å². The van der Waals surface area contributed by atoms with Crippen molar-refractivity contribution in [3.8, 4) is 0 Å². The van der Waals surface area contributed by atoms with Crippen molar-refractivity contribution in [3.63, 3.8) is 0 Å². The highest BCUT2D eigenvalue weighted by Gasteiger charge is 2.19. The first kappa shape index (κ1) is 23.8. The summed E-state index contributed by atoms with van der Waals surface area (Å²) in [6.07, 6.45) is 3.23. The number of carbonyl (C=O) groups excluding carboxylic acids is 1. The predicted octanol–water partition coefficient (Wildman–Crippen LogP) is 3.25. The van der Waals surface area contributed by atoms with Crippen LogP contribution in [0.2, 0.25) is 0 Å². The van der Waals surface area contributed by atoms with Gasteiger partial charge >= 0.3 is 0 Å². The lowest BCUT2D eigenvalue weighted by Crippen LogP contribution is -2.35. The van der Waals surface area contributed by atoms with Gasteiger partial charge in [0, 0.05) is 38.1 Å². The molecule has 7 nitrogen and oxygen atoms in total. The number of aliphatic hydroxyl groups excluding tert-OH is 2. The van der Waals surface area contributed by atoms with Crippen molar-refractivity contribution in [1.82, 2.24) is 14.3 Å². The fourth-order valence-corrected chi connectivity index (χ4v) is 4.03. The first-order valence-electron chi connectivity index (χ1n) is 11.2. The maximum atomic E-state index is 13.3. The largest absolute Gasteiger partial charge is 0.396 e. The zero-order valence-electron chi connectivity index (χ0n) is 19.5.